The second-order valence-corrected chi connectivity index (χ2v) is 3.97. The van der Waals surface area contributed by atoms with Crippen LogP contribution in [-0.2, 0) is 6.54 Å². The highest BCUT2D eigenvalue weighted by molar-refractivity contribution is 6.09. The van der Waals surface area contributed by atoms with Crippen molar-refractivity contribution in [3.05, 3.63) is 65.5 Å². The lowest BCUT2D eigenvalue weighted by atomic mass is 10.0. The molecule has 0 unspecified atom stereocenters. The molecule has 3 rings (SSSR count). The number of allylic oxidation sites excluding steroid dienone is 3. The van der Waals surface area contributed by atoms with Crippen LogP contribution in [0.1, 0.15) is 11.1 Å². The standard InChI is InChI=1S/C14H12N2/c15-13-7-3-4-8-16-10-12-6-2-1-5-11(12)9-14(13)16/h1-9,15H,10H2. The molecular formula is C14H12N2. The normalized spacial score (nSPS) is 17.6. The van der Waals surface area contributed by atoms with Gasteiger partial charge in [-0.25, -0.2) is 0 Å². The van der Waals surface area contributed by atoms with E-state index in [2.05, 4.69) is 29.2 Å². The highest BCUT2D eigenvalue weighted by Crippen LogP contribution is 2.26. The van der Waals surface area contributed by atoms with Crippen LogP contribution in [0, 0.1) is 5.41 Å². The van der Waals surface area contributed by atoms with Gasteiger partial charge in [0, 0.05) is 12.7 Å². The molecule has 1 aromatic carbocycles. The second kappa shape index (κ2) is 3.49. The third kappa shape index (κ3) is 1.39. The van der Waals surface area contributed by atoms with Crippen LogP contribution in [-0.4, -0.2) is 10.6 Å². The summed E-state index contributed by atoms with van der Waals surface area (Å²) < 4.78 is 0. The molecule has 78 valence electrons. The fourth-order valence-electron chi connectivity index (χ4n) is 2.07. The van der Waals surface area contributed by atoms with Crippen LogP contribution in [0.4, 0.5) is 0 Å². The lowest BCUT2D eigenvalue weighted by Gasteiger charge is -2.27. The summed E-state index contributed by atoms with van der Waals surface area (Å²) in [7, 11) is 0. The van der Waals surface area contributed by atoms with Crippen LogP contribution in [0.25, 0.3) is 6.08 Å². The predicted molar refractivity (Wildman–Crippen MR) is 66.0 cm³/mol. The molecule has 0 bridgehead atoms. The molecule has 0 fully saturated rings. The van der Waals surface area contributed by atoms with Gasteiger partial charge in [0.05, 0.1) is 11.4 Å². The fourth-order valence-corrected chi connectivity index (χ4v) is 2.07. The Bertz CT molecular complexity index is 535. The SMILES string of the molecule is N=C1C=CC=CN2Cc3ccccc3C=C12. The Morgan fingerprint density at radius 1 is 1.12 bits per heavy atom. The van der Waals surface area contributed by atoms with Crippen molar-refractivity contribution in [3.8, 4) is 0 Å². The molecule has 0 radical (unpaired) electrons. The summed E-state index contributed by atoms with van der Waals surface area (Å²) in [5.41, 5.74) is 4.08. The molecule has 0 saturated carbocycles. The van der Waals surface area contributed by atoms with Gasteiger partial charge in [0.25, 0.3) is 0 Å². The van der Waals surface area contributed by atoms with Gasteiger partial charge < -0.3 is 4.90 Å². The van der Waals surface area contributed by atoms with Crippen LogP contribution >= 0.6 is 0 Å². The molecule has 1 aromatic rings. The summed E-state index contributed by atoms with van der Waals surface area (Å²) in [5.74, 6) is 0. The molecule has 2 heteroatoms. The van der Waals surface area contributed by atoms with E-state index < -0.39 is 0 Å². The zero-order valence-electron chi connectivity index (χ0n) is 8.85. The Hall–Kier alpha value is -2.09. The Morgan fingerprint density at radius 3 is 2.94 bits per heavy atom. The van der Waals surface area contributed by atoms with Gasteiger partial charge >= 0.3 is 0 Å². The molecule has 0 amide bonds. The topological polar surface area (TPSA) is 27.1 Å². The van der Waals surface area contributed by atoms with E-state index in [4.69, 9.17) is 5.41 Å². The first-order chi connectivity index (χ1) is 7.84. The van der Waals surface area contributed by atoms with E-state index in [1.54, 1.807) is 0 Å². The molecule has 2 nitrogen and oxygen atoms in total. The number of rotatable bonds is 0. The molecule has 16 heavy (non-hydrogen) atoms. The van der Waals surface area contributed by atoms with Gasteiger partial charge in [0.15, 0.2) is 0 Å². The summed E-state index contributed by atoms with van der Waals surface area (Å²) >= 11 is 0. The number of hydrogen-bond acceptors (Lipinski definition) is 2. The molecule has 2 aliphatic rings. The third-order valence-corrected chi connectivity index (χ3v) is 2.91. The van der Waals surface area contributed by atoms with Gasteiger partial charge in [-0.15, -0.1) is 0 Å². The van der Waals surface area contributed by atoms with Crippen molar-refractivity contribution in [1.29, 1.82) is 5.41 Å². The van der Waals surface area contributed by atoms with E-state index in [1.807, 2.05) is 30.5 Å². The average Bonchev–Trinajstić information content (AvgIpc) is 2.49. The second-order valence-electron chi connectivity index (χ2n) is 3.97. The van der Waals surface area contributed by atoms with E-state index in [0.29, 0.717) is 5.71 Å². The van der Waals surface area contributed by atoms with Crippen LogP contribution in [0.15, 0.2) is 54.4 Å². The lowest BCUT2D eigenvalue weighted by Crippen LogP contribution is -2.23. The zero-order valence-corrected chi connectivity index (χ0v) is 8.85. The van der Waals surface area contributed by atoms with E-state index in [0.717, 1.165) is 12.2 Å². The Labute approximate surface area is 94.7 Å². The first-order valence-corrected chi connectivity index (χ1v) is 5.34. The Morgan fingerprint density at radius 2 is 2.00 bits per heavy atom. The smallest absolute Gasteiger partial charge is 0.0777 e. The van der Waals surface area contributed by atoms with E-state index in [1.165, 1.54) is 11.1 Å². The molecule has 0 spiro atoms. The van der Waals surface area contributed by atoms with Gasteiger partial charge in [-0.2, -0.15) is 0 Å². The fraction of sp³-hybridized carbons (Fsp3) is 0.0714. The molecule has 0 saturated heterocycles. The lowest BCUT2D eigenvalue weighted by molar-refractivity contribution is 0.478. The molecule has 0 atom stereocenters. The van der Waals surface area contributed by atoms with Crippen LogP contribution in [0.3, 0.4) is 0 Å². The molecule has 2 aliphatic heterocycles. The largest absolute Gasteiger partial charge is 0.342 e. The van der Waals surface area contributed by atoms with Crippen LogP contribution in [0.5, 0.6) is 0 Å². The molecular weight excluding hydrogens is 196 g/mol. The van der Waals surface area contributed by atoms with E-state index in [9.17, 15) is 0 Å². The van der Waals surface area contributed by atoms with Crippen molar-refractivity contribution in [2.45, 2.75) is 6.54 Å². The molecule has 0 aromatic heterocycles. The maximum absolute atomic E-state index is 7.96. The maximum atomic E-state index is 7.96. The van der Waals surface area contributed by atoms with Gasteiger partial charge in [-0.1, -0.05) is 30.3 Å². The van der Waals surface area contributed by atoms with Gasteiger partial charge in [0.1, 0.15) is 0 Å². The highest BCUT2D eigenvalue weighted by Gasteiger charge is 2.18. The first-order valence-electron chi connectivity index (χ1n) is 5.34. The Kier molecular flexibility index (Phi) is 2.00. The zero-order chi connectivity index (χ0) is 11.0. The average molecular weight is 208 g/mol. The number of hydrogen-bond donors (Lipinski definition) is 1. The minimum Gasteiger partial charge on any atom is -0.342 e. The van der Waals surface area contributed by atoms with Crippen molar-refractivity contribution in [3.63, 3.8) is 0 Å². The monoisotopic (exact) mass is 208 g/mol. The minimum atomic E-state index is 0.569. The summed E-state index contributed by atoms with van der Waals surface area (Å²) in [6.45, 7) is 0.850. The van der Waals surface area contributed by atoms with Crippen molar-refractivity contribution in [1.82, 2.24) is 4.90 Å². The van der Waals surface area contributed by atoms with Gasteiger partial charge in [-0.3, -0.25) is 5.41 Å². The van der Waals surface area contributed by atoms with E-state index >= 15 is 0 Å². The van der Waals surface area contributed by atoms with Crippen LogP contribution < -0.4 is 0 Å². The van der Waals surface area contributed by atoms with Crippen LogP contribution in [0.2, 0.25) is 0 Å². The minimum absolute atomic E-state index is 0.569. The van der Waals surface area contributed by atoms with Crippen molar-refractivity contribution in [2.24, 2.45) is 0 Å². The summed E-state index contributed by atoms with van der Waals surface area (Å²) in [6, 6.07) is 8.34. The van der Waals surface area contributed by atoms with Crippen molar-refractivity contribution >= 4 is 11.8 Å². The third-order valence-electron chi connectivity index (χ3n) is 2.91. The Balaban J connectivity index is 2.14. The quantitative estimate of drug-likeness (QED) is 0.697. The van der Waals surface area contributed by atoms with Gasteiger partial charge in [0.2, 0.25) is 0 Å². The van der Waals surface area contributed by atoms with Crippen molar-refractivity contribution in [2.75, 3.05) is 0 Å². The van der Waals surface area contributed by atoms with E-state index in [-0.39, 0.29) is 0 Å². The summed E-state index contributed by atoms with van der Waals surface area (Å²) in [6.07, 6.45) is 9.83. The van der Waals surface area contributed by atoms with Gasteiger partial charge in [-0.05, 0) is 29.4 Å². The maximum Gasteiger partial charge on any atom is 0.0777 e. The number of nitrogens with zero attached hydrogens (tertiary/aromatic N) is 1. The summed E-state index contributed by atoms with van der Waals surface area (Å²) in [5, 5.41) is 7.96. The number of nitrogens with one attached hydrogen (secondary N) is 1. The molecule has 0 aliphatic carbocycles. The number of benzene rings is 1. The molecule has 1 N–H and O–H groups in total. The van der Waals surface area contributed by atoms with Crippen molar-refractivity contribution < 1.29 is 0 Å². The first kappa shape index (κ1) is 9.16. The number of fused-ring (bicyclic) bond motifs is 2. The predicted octanol–water partition coefficient (Wildman–Crippen LogP) is 2.95. The summed E-state index contributed by atoms with van der Waals surface area (Å²) in [4.78, 5) is 2.12. The highest BCUT2D eigenvalue weighted by atomic mass is 15.1. The molecule has 2 heterocycles.